The highest BCUT2D eigenvalue weighted by atomic mass is 16.5. The van der Waals surface area contributed by atoms with Crippen LogP contribution >= 0.6 is 0 Å². The average Bonchev–Trinajstić information content (AvgIpc) is 2.66. The maximum atomic E-state index is 10.6. The van der Waals surface area contributed by atoms with Crippen LogP contribution in [0.25, 0.3) is 0 Å². The number of ether oxygens (including phenoxy) is 2. The van der Waals surface area contributed by atoms with Crippen LogP contribution in [0.2, 0.25) is 0 Å². The summed E-state index contributed by atoms with van der Waals surface area (Å²) in [6, 6.07) is 7.57. The van der Waals surface area contributed by atoms with Crippen molar-refractivity contribution in [3.8, 4) is 23.0 Å². The first kappa shape index (κ1) is 17.0. The van der Waals surface area contributed by atoms with E-state index in [1.54, 1.807) is 14.2 Å². The van der Waals surface area contributed by atoms with E-state index in [1.807, 2.05) is 31.3 Å². The molecule has 2 aliphatic heterocycles. The number of benzene rings is 2. The summed E-state index contributed by atoms with van der Waals surface area (Å²) in [6.07, 6.45) is 1.55. The summed E-state index contributed by atoms with van der Waals surface area (Å²) < 4.78 is 10.5. The van der Waals surface area contributed by atoms with Crippen molar-refractivity contribution in [1.82, 2.24) is 10.2 Å². The number of fused-ring (bicyclic) bond motifs is 4. The van der Waals surface area contributed by atoms with Crippen molar-refractivity contribution >= 4 is 0 Å². The molecular weight excluding hydrogens is 332 g/mol. The lowest BCUT2D eigenvalue weighted by atomic mass is 9.78. The highest BCUT2D eigenvalue weighted by molar-refractivity contribution is 5.55. The first-order valence-electron chi connectivity index (χ1n) is 8.76. The van der Waals surface area contributed by atoms with Gasteiger partial charge in [0, 0.05) is 25.1 Å². The topological polar surface area (TPSA) is 74.2 Å². The van der Waals surface area contributed by atoms with E-state index in [0.29, 0.717) is 24.5 Å². The Morgan fingerprint density at radius 2 is 1.85 bits per heavy atom. The summed E-state index contributed by atoms with van der Waals surface area (Å²) in [5, 5.41) is 24.4. The minimum Gasteiger partial charge on any atom is -0.504 e. The van der Waals surface area contributed by atoms with Crippen molar-refractivity contribution in [2.75, 3.05) is 27.8 Å². The number of nitrogens with zero attached hydrogens (tertiary/aromatic N) is 1. The van der Waals surface area contributed by atoms with E-state index in [2.05, 4.69) is 10.2 Å². The zero-order valence-corrected chi connectivity index (χ0v) is 15.3. The number of hydrogen-bond donors (Lipinski definition) is 3. The SMILES string of the molecule is CNC12Cc3ccc(OC)c(O)c3CN1CCc1cc(OC)c(O)cc12. The number of hydrogen-bond acceptors (Lipinski definition) is 6. The number of aromatic hydroxyl groups is 2. The van der Waals surface area contributed by atoms with Gasteiger partial charge < -0.3 is 19.7 Å². The monoisotopic (exact) mass is 356 g/mol. The number of nitrogens with one attached hydrogen (secondary N) is 1. The number of phenolic OH excluding ortho intramolecular Hbond substituents is 2. The molecule has 0 saturated heterocycles. The normalized spacial score (nSPS) is 21.5. The summed E-state index contributed by atoms with van der Waals surface area (Å²) >= 11 is 0. The van der Waals surface area contributed by atoms with Gasteiger partial charge >= 0.3 is 0 Å². The minimum absolute atomic E-state index is 0.145. The van der Waals surface area contributed by atoms with Gasteiger partial charge in [-0.1, -0.05) is 6.07 Å². The molecule has 2 heterocycles. The van der Waals surface area contributed by atoms with Crippen LogP contribution in [-0.4, -0.2) is 42.9 Å². The Morgan fingerprint density at radius 1 is 1.08 bits per heavy atom. The Balaban J connectivity index is 1.86. The Hall–Kier alpha value is -2.44. The molecule has 2 aromatic carbocycles. The highest BCUT2D eigenvalue weighted by Gasteiger charge is 2.46. The molecule has 0 spiro atoms. The second-order valence-corrected chi connectivity index (χ2v) is 6.89. The number of rotatable bonds is 3. The zero-order valence-electron chi connectivity index (χ0n) is 15.3. The lowest BCUT2D eigenvalue weighted by molar-refractivity contribution is 0.0261. The lowest BCUT2D eigenvalue weighted by Crippen LogP contribution is -2.61. The molecule has 0 bridgehead atoms. The molecular formula is C20H24N2O4. The third-order valence-electron chi connectivity index (χ3n) is 5.81. The largest absolute Gasteiger partial charge is 0.504 e. The number of phenols is 2. The summed E-state index contributed by atoms with van der Waals surface area (Å²) in [7, 11) is 5.07. The molecule has 1 unspecified atom stereocenters. The van der Waals surface area contributed by atoms with E-state index in [1.165, 1.54) is 5.56 Å². The summed E-state index contributed by atoms with van der Waals surface area (Å²) in [5.41, 5.74) is 3.80. The number of methoxy groups -OCH3 is 2. The van der Waals surface area contributed by atoms with Crippen molar-refractivity contribution in [2.45, 2.75) is 25.0 Å². The lowest BCUT2D eigenvalue weighted by Gasteiger charge is -2.51. The average molecular weight is 356 g/mol. The van der Waals surface area contributed by atoms with Gasteiger partial charge in [-0.25, -0.2) is 0 Å². The first-order chi connectivity index (χ1) is 12.5. The predicted octanol–water partition coefficient (Wildman–Crippen LogP) is 2.10. The van der Waals surface area contributed by atoms with Gasteiger partial charge in [0.25, 0.3) is 0 Å². The molecule has 6 heteroatoms. The Bertz CT molecular complexity index is 867. The van der Waals surface area contributed by atoms with Gasteiger partial charge in [0.1, 0.15) is 5.66 Å². The molecule has 6 nitrogen and oxygen atoms in total. The van der Waals surface area contributed by atoms with Crippen molar-refractivity contribution in [2.24, 2.45) is 0 Å². The molecule has 138 valence electrons. The van der Waals surface area contributed by atoms with Crippen LogP contribution < -0.4 is 14.8 Å². The standard InChI is InChI=1S/C20H24N2O4/c1-21-20-10-13-4-5-17(25-2)19(24)14(13)11-22(20)7-6-12-8-18(26-3)16(23)9-15(12)20/h4-5,8-9,21,23-24H,6-7,10-11H2,1-3H3. The maximum Gasteiger partial charge on any atom is 0.162 e. The van der Waals surface area contributed by atoms with E-state index in [9.17, 15) is 10.2 Å². The van der Waals surface area contributed by atoms with Crippen LogP contribution in [0.15, 0.2) is 24.3 Å². The van der Waals surface area contributed by atoms with Gasteiger partial charge in [-0.2, -0.15) is 0 Å². The van der Waals surface area contributed by atoms with Crippen molar-refractivity contribution in [1.29, 1.82) is 0 Å². The van der Waals surface area contributed by atoms with Gasteiger partial charge in [0.2, 0.25) is 0 Å². The maximum absolute atomic E-state index is 10.6. The molecule has 2 aliphatic rings. The zero-order chi connectivity index (χ0) is 18.5. The predicted molar refractivity (Wildman–Crippen MR) is 97.9 cm³/mol. The first-order valence-corrected chi connectivity index (χ1v) is 8.76. The van der Waals surface area contributed by atoms with Gasteiger partial charge in [0.05, 0.1) is 14.2 Å². The molecule has 0 aromatic heterocycles. The van der Waals surface area contributed by atoms with Crippen LogP contribution in [0, 0.1) is 0 Å². The summed E-state index contributed by atoms with van der Waals surface area (Å²) in [6.45, 7) is 1.46. The Labute approximate surface area is 153 Å². The fraction of sp³-hybridized carbons (Fsp3) is 0.400. The van der Waals surface area contributed by atoms with Gasteiger partial charge in [0.15, 0.2) is 23.0 Å². The third kappa shape index (κ3) is 2.26. The van der Waals surface area contributed by atoms with Gasteiger partial charge in [-0.05, 0) is 48.4 Å². The van der Waals surface area contributed by atoms with Crippen LogP contribution in [0.3, 0.4) is 0 Å². The Kier molecular flexibility index (Phi) is 3.97. The van der Waals surface area contributed by atoms with E-state index >= 15 is 0 Å². The van der Waals surface area contributed by atoms with Crippen LogP contribution in [0.5, 0.6) is 23.0 Å². The molecule has 3 N–H and O–H groups in total. The van der Waals surface area contributed by atoms with E-state index in [4.69, 9.17) is 9.47 Å². The summed E-state index contributed by atoms with van der Waals surface area (Å²) in [5.74, 6) is 1.37. The molecule has 1 atom stereocenters. The highest BCUT2D eigenvalue weighted by Crippen LogP contribution is 2.47. The molecule has 26 heavy (non-hydrogen) atoms. The van der Waals surface area contributed by atoms with Crippen LogP contribution in [0.1, 0.15) is 22.3 Å². The molecule has 2 aromatic rings. The fourth-order valence-electron chi connectivity index (χ4n) is 4.41. The second-order valence-electron chi connectivity index (χ2n) is 6.89. The fourth-order valence-corrected chi connectivity index (χ4v) is 4.41. The van der Waals surface area contributed by atoms with Crippen molar-refractivity contribution in [3.05, 3.63) is 46.5 Å². The van der Waals surface area contributed by atoms with Gasteiger partial charge in [-0.15, -0.1) is 0 Å². The molecule has 0 saturated carbocycles. The van der Waals surface area contributed by atoms with Crippen LogP contribution in [0.4, 0.5) is 0 Å². The van der Waals surface area contributed by atoms with Crippen molar-refractivity contribution < 1.29 is 19.7 Å². The van der Waals surface area contributed by atoms with Crippen molar-refractivity contribution in [3.63, 3.8) is 0 Å². The van der Waals surface area contributed by atoms with Crippen LogP contribution in [-0.2, 0) is 25.0 Å². The van der Waals surface area contributed by atoms with E-state index in [-0.39, 0.29) is 11.5 Å². The molecule has 0 radical (unpaired) electrons. The smallest absolute Gasteiger partial charge is 0.162 e. The molecule has 4 rings (SSSR count). The molecule has 0 amide bonds. The molecule has 0 aliphatic carbocycles. The Morgan fingerprint density at radius 3 is 2.54 bits per heavy atom. The minimum atomic E-state index is -0.425. The summed E-state index contributed by atoms with van der Waals surface area (Å²) in [4.78, 5) is 2.32. The number of likely N-dealkylation sites (N-methyl/N-ethyl adjacent to an activating group) is 1. The van der Waals surface area contributed by atoms with E-state index in [0.717, 1.165) is 29.7 Å². The molecule has 0 fully saturated rings. The van der Waals surface area contributed by atoms with E-state index < -0.39 is 5.66 Å². The third-order valence-corrected chi connectivity index (χ3v) is 5.81. The second kappa shape index (κ2) is 6.07. The van der Waals surface area contributed by atoms with Gasteiger partial charge in [-0.3, -0.25) is 10.2 Å². The quantitative estimate of drug-likeness (QED) is 0.782.